The minimum atomic E-state index is -0.476. The average Bonchev–Trinajstić information content (AvgIpc) is 3.06. The van der Waals surface area contributed by atoms with E-state index in [4.69, 9.17) is 16.3 Å². The summed E-state index contributed by atoms with van der Waals surface area (Å²) in [5, 5.41) is 4.94. The Morgan fingerprint density at radius 3 is 2.56 bits per heavy atom. The molecule has 0 bridgehead atoms. The van der Waals surface area contributed by atoms with Crippen LogP contribution < -0.4 is 0 Å². The van der Waals surface area contributed by atoms with Crippen LogP contribution >= 0.6 is 11.6 Å². The number of ether oxygens (including phenoxy) is 1. The van der Waals surface area contributed by atoms with Gasteiger partial charge in [0, 0.05) is 50.9 Å². The summed E-state index contributed by atoms with van der Waals surface area (Å²) in [5.41, 5.74) is 1.63. The van der Waals surface area contributed by atoms with Crippen molar-refractivity contribution in [1.82, 2.24) is 19.6 Å². The van der Waals surface area contributed by atoms with Crippen molar-refractivity contribution >= 4 is 23.5 Å². The van der Waals surface area contributed by atoms with E-state index in [1.165, 1.54) is 10.7 Å². The van der Waals surface area contributed by atoms with Gasteiger partial charge in [0.2, 0.25) is 0 Å². The van der Waals surface area contributed by atoms with E-state index in [-0.39, 0.29) is 23.9 Å². The number of benzene rings is 1. The first-order chi connectivity index (χ1) is 13.0. The standard InChI is InChI=1S/C19H23ClN4O3/c1-3-27-19(26)17-12-16(21-22(17)2)18(25)24-10-8-23(9-11-24)13-14-6-4-5-7-15(14)20/h4-7,12H,3,8-11,13H2,1-2H3. The van der Waals surface area contributed by atoms with Crippen molar-refractivity contribution in [1.29, 1.82) is 0 Å². The first-order valence-electron chi connectivity index (χ1n) is 8.95. The second kappa shape index (κ2) is 8.54. The summed E-state index contributed by atoms with van der Waals surface area (Å²) in [7, 11) is 1.63. The van der Waals surface area contributed by atoms with Crippen LogP contribution in [-0.2, 0) is 18.3 Å². The summed E-state index contributed by atoms with van der Waals surface area (Å²) >= 11 is 6.23. The fourth-order valence-corrected chi connectivity index (χ4v) is 3.30. The van der Waals surface area contributed by atoms with Crippen LogP contribution in [0.5, 0.6) is 0 Å². The van der Waals surface area contributed by atoms with Crippen molar-refractivity contribution < 1.29 is 14.3 Å². The van der Waals surface area contributed by atoms with E-state index in [1.54, 1.807) is 18.9 Å². The number of aromatic nitrogens is 2. The molecule has 1 saturated heterocycles. The number of halogens is 1. The first kappa shape index (κ1) is 19.4. The van der Waals surface area contributed by atoms with Crippen LogP contribution in [0.15, 0.2) is 30.3 Å². The van der Waals surface area contributed by atoms with Crippen LogP contribution in [0, 0.1) is 0 Å². The molecule has 3 rings (SSSR count). The van der Waals surface area contributed by atoms with Crippen molar-refractivity contribution in [2.24, 2.45) is 7.05 Å². The van der Waals surface area contributed by atoms with Gasteiger partial charge in [0.15, 0.2) is 5.69 Å². The predicted molar refractivity (Wildman–Crippen MR) is 102 cm³/mol. The number of rotatable bonds is 5. The quantitative estimate of drug-likeness (QED) is 0.732. The van der Waals surface area contributed by atoms with Crippen LogP contribution in [0.25, 0.3) is 0 Å². The molecule has 1 aromatic carbocycles. The summed E-state index contributed by atoms with van der Waals surface area (Å²) in [6, 6.07) is 9.29. The van der Waals surface area contributed by atoms with E-state index in [0.717, 1.165) is 30.2 Å². The molecule has 1 aliphatic rings. The Kier molecular flexibility index (Phi) is 6.13. The molecule has 2 heterocycles. The molecule has 8 heteroatoms. The lowest BCUT2D eigenvalue weighted by Gasteiger charge is -2.34. The summed E-state index contributed by atoms with van der Waals surface area (Å²) in [6.07, 6.45) is 0. The van der Waals surface area contributed by atoms with E-state index >= 15 is 0 Å². The van der Waals surface area contributed by atoms with E-state index in [9.17, 15) is 9.59 Å². The maximum Gasteiger partial charge on any atom is 0.356 e. The summed E-state index contributed by atoms with van der Waals surface area (Å²) < 4.78 is 6.37. The van der Waals surface area contributed by atoms with Gasteiger partial charge in [0.05, 0.1) is 6.61 Å². The van der Waals surface area contributed by atoms with Gasteiger partial charge in [0.1, 0.15) is 5.69 Å². The van der Waals surface area contributed by atoms with Crippen molar-refractivity contribution in [2.45, 2.75) is 13.5 Å². The maximum absolute atomic E-state index is 12.7. The van der Waals surface area contributed by atoms with Gasteiger partial charge in [0.25, 0.3) is 5.91 Å². The van der Waals surface area contributed by atoms with Crippen molar-refractivity contribution in [2.75, 3.05) is 32.8 Å². The normalized spacial score (nSPS) is 15.0. The lowest BCUT2D eigenvalue weighted by atomic mass is 10.2. The third kappa shape index (κ3) is 4.48. The molecule has 1 aliphatic heterocycles. The second-order valence-corrected chi connectivity index (χ2v) is 6.83. The summed E-state index contributed by atoms with van der Waals surface area (Å²) in [4.78, 5) is 28.7. The number of nitrogens with zero attached hydrogens (tertiary/aromatic N) is 4. The smallest absolute Gasteiger partial charge is 0.356 e. The largest absolute Gasteiger partial charge is 0.461 e. The van der Waals surface area contributed by atoms with Gasteiger partial charge in [-0.15, -0.1) is 0 Å². The monoisotopic (exact) mass is 390 g/mol. The molecule has 0 unspecified atom stereocenters. The van der Waals surface area contributed by atoms with Crippen molar-refractivity contribution in [3.8, 4) is 0 Å². The highest BCUT2D eigenvalue weighted by Gasteiger charge is 2.26. The third-order valence-electron chi connectivity index (χ3n) is 4.59. The molecule has 0 saturated carbocycles. The van der Waals surface area contributed by atoms with Crippen molar-refractivity contribution in [3.63, 3.8) is 0 Å². The van der Waals surface area contributed by atoms with Gasteiger partial charge in [-0.1, -0.05) is 29.8 Å². The zero-order chi connectivity index (χ0) is 19.4. The number of carbonyl (C=O) groups is 2. The fraction of sp³-hybridized carbons (Fsp3) is 0.421. The molecule has 0 atom stereocenters. The average molecular weight is 391 g/mol. The van der Waals surface area contributed by atoms with Gasteiger partial charge in [-0.25, -0.2) is 4.79 Å². The Bertz CT molecular complexity index is 828. The second-order valence-electron chi connectivity index (χ2n) is 6.42. The molecule has 0 radical (unpaired) electrons. The summed E-state index contributed by atoms with van der Waals surface area (Å²) in [6.45, 7) is 5.51. The van der Waals surface area contributed by atoms with Crippen molar-refractivity contribution in [3.05, 3.63) is 52.3 Å². The molecule has 1 amide bonds. The Morgan fingerprint density at radius 2 is 1.89 bits per heavy atom. The van der Waals surface area contributed by atoms with E-state index in [1.807, 2.05) is 24.3 Å². The number of aryl methyl sites for hydroxylation is 1. The molecule has 144 valence electrons. The van der Waals surface area contributed by atoms with Crippen LogP contribution in [-0.4, -0.2) is 64.2 Å². The van der Waals surface area contributed by atoms with Crippen LogP contribution in [0.1, 0.15) is 33.5 Å². The molecule has 2 aromatic rings. The Morgan fingerprint density at radius 1 is 1.19 bits per heavy atom. The topological polar surface area (TPSA) is 67.7 Å². The van der Waals surface area contributed by atoms with E-state index in [0.29, 0.717) is 13.1 Å². The SMILES string of the molecule is CCOC(=O)c1cc(C(=O)N2CCN(Cc3ccccc3Cl)CC2)nn1C. The Hall–Kier alpha value is -2.38. The molecule has 0 spiro atoms. The van der Waals surface area contributed by atoms with E-state index < -0.39 is 5.97 Å². The van der Waals surface area contributed by atoms with Gasteiger partial charge in [-0.3, -0.25) is 14.4 Å². The molecule has 7 nitrogen and oxygen atoms in total. The lowest BCUT2D eigenvalue weighted by molar-refractivity contribution is 0.0513. The van der Waals surface area contributed by atoms with Gasteiger partial charge in [-0.2, -0.15) is 5.10 Å². The molecular weight excluding hydrogens is 368 g/mol. The molecule has 0 aliphatic carbocycles. The molecular formula is C19H23ClN4O3. The maximum atomic E-state index is 12.7. The predicted octanol–water partition coefficient (Wildman–Crippen LogP) is 2.21. The highest BCUT2D eigenvalue weighted by molar-refractivity contribution is 6.31. The highest BCUT2D eigenvalue weighted by atomic mass is 35.5. The zero-order valence-corrected chi connectivity index (χ0v) is 16.3. The van der Waals surface area contributed by atoms with Crippen LogP contribution in [0.2, 0.25) is 5.02 Å². The number of esters is 1. The minimum Gasteiger partial charge on any atom is -0.461 e. The fourth-order valence-electron chi connectivity index (χ4n) is 3.11. The zero-order valence-electron chi connectivity index (χ0n) is 15.5. The molecule has 1 aromatic heterocycles. The van der Waals surface area contributed by atoms with Gasteiger partial charge >= 0.3 is 5.97 Å². The van der Waals surface area contributed by atoms with Crippen LogP contribution in [0.3, 0.4) is 0 Å². The first-order valence-corrected chi connectivity index (χ1v) is 9.33. The van der Waals surface area contributed by atoms with Gasteiger partial charge in [-0.05, 0) is 18.6 Å². The Labute approximate surface area is 163 Å². The third-order valence-corrected chi connectivity index (χ3v) is 4.96. The Balaban J connectivity index is 1.59. The highest BCUT2D eigenvalue weighted by Crippen LogP contribution is 2.18. The number of carbonyl (C=O) groups excluding carboxylic acids is 2. The minimum absolute atomic E-state index is 0.168. The lowest BCUT2D eigenvalue weighted by Crippen LogP contribution is -2.48. The molecule has 1 fully saturated rings. The van der Waals surface area contributed by atoms with Crippen LogP contribution in [0.4, 0.5) is 0 Å². The van der Waals surface area contributed by atoms with Gasteiger partial charge < -0.3 is 9.64 Å². The molecule has 27 heavy (non-hydrogen) atoms. The number of piperazine rings is 1. The summed E-state index contributed by atoms with van der Waals surface area (Å²) in [5.74, 6) is -0.644. The van der Waals surface area contributed by atoms with E-state index in [2.05, 4.69) is 10.00 Å². The number of hydrogen-bond acceptors (Lipinski definition) is 5. The number of amides is 1. The molecule has 0 N–H and O–H groups in total. The number of hydrogen-bond donors (Lipinski definition) is 0.